The van der Waals surface area contributed by atoms with Crippen LogP contribution >= 0.6 is 0 Å². The first-order valence-corrected chi connectivity index (χ1v) is 9.05. The molecule has 4 rings (SSSR count). The Kier molecular flexibility index (Phi) is 5.09. The smallest absolute Gasteiger partial charge is 0.142 e. The first-order valence-electron chi connectivity index (χ1n) is 9.05. The van der Waals surface area contributed by atoms with Crippen LogP contribution < -0.4 is 19.9 Å². The zero-order valence-corrected chi connectivity index (χ0v) is 15.3. The van der Waals surface area contributed by atoms with Crippen molar-refractivity contribution in [2.24, 2.45) is 0 Å². The highest BCUT2D eigenvalue weighted by atomic mass is 16.5. The van der Waals surface area contributed by atoms with Gasteiger partial charge in [0, 0.05) is 32.2 Å². The van der Waals surface area contributed by atoms with Crippen molar-refractivity contribution in [3.8, 4) is 5.75 Å². The summed E-state index contributed by atoms with van der Waals surface area (Å²) in [6.07, 6.45) is 3.27. The molecule has 0 saturated carbocycles. The van der Waals surface area contributed by atoms with Gasteiger partial charge in [0.05, 0.1) is 25.6 Å². The van der Waals surface area contributed by atoms with E-state index in [1.165, 1.54) is 0 Å². The minimum Gasteiger partial charge on any atom is -0.495 e. The molecule has 3 aromatic rings. The molecule has 3 heterocycles. The Hall–Kier alpha value is -3.22. The fraction of sp³-hybridized carbons (Fsp3) is 0.300. The van der Waals surface area contributed by atoms with E-state index in [0.717, 1.165) is 55.0 Å². The van der Waals surface area contributed by atoms with Crippen molar-refractivity contribution in [1.29, 1.82) is 0 Å². The number of hydrogen-bond acceptors (Lipinski definition) is 7. The van der Waals surface area contributed by atoms with Crippen molar-refractivity contribution in [3.63, 3.8) is 0 Å². The van der Waals surface area contributed by atoms with E-state index in [1.807, 2.05) is 36.4 Å². The monoisotopic (exact) mass is 365 g/mol. The van der Waals surface area contributed by atoms with Crippen LogP contribution in [0.15, 0.2) is 59.5 Å². The summed E-state index contributed by atoms with van der Waals surface area (Å²) in [5.41, 5.74) is 1.14. The number of nitrogens with one attached hydrogen (secondary N) is 1. The number of benzene rings is 1. The van der Waals surface area contributed by atoms with Crippen molar-refractivity contribution >= 4 is 17.3 Å². The molecular formula is C20H23N5O2. The molecule has 0 radical (unpaired) electrons. The molecule has 1 aliphatic rings. The highest BCUT2D eigenvalue weighted by molar-refractivity contribution is 5.59. The van der Waals surface area contributed by atoms with Crippen LogP contribution in [0.5, 0.6) is 5.75 Å². The topological polar surface area (TPSA) is 66.7 Å². The average Bonchev–Trinajstić information content (AvgIpc) is 3.26. The van der Waals surface area contributed by atoms with E-state index in [1.54, 1.807) is 19.7 Å². The molecule has 1 N–H and O–H groups in total. The van der Waals surface area contributed by atoms with Crippen molar-refractivity contribution in [2.75, 3.05) is 48.4 Å². The molecule has 2 aromatic heterocycles. The van der Waals surface area contributed by atoms with Gasteiger partial charge in [-0.1, -0.05) is 12.1 Å². The fourth-order valence-corrected chi connectivity index (χ4v) is 3.27. The van der Waals surface area contributed by atoms with Crippen LogP contribution in [-0.2, 0) is 6.54 Å². The van der Waals surface area contributed by atoms with Gasteiger partial charge in [-0.25, -0.2) is 9.97 Å². The summed E-state index contributed by atoms with van der Waals surface area (Å²) in [5, 5.41) is 3.28. The molecule has 7 nitrogen and oxygen atoms in total. The van der Waals surface area contributed by atoms with E-state index < -0.39 is 0 Å². The van der Waals surface area contributed by atoms with Gasteiger partial charge in [0.15, 0.2) is 0 Å². The second-order valence-electron chi connectivity index (χ2n) is 6.34. The summed E-state index contributed by atoms with van der Waals surface area (Å²) in [4.78, 5) is 13.4. The second kappa shape index (κ2) is 7.99. The molecule has 27 heavy (non-hydrogen) atoms. The minimum atomic E-state index is 0.602. The number of methoxy groups -OCH3 is 1. The zero-order chi connectivity index (χ0) is 18.5. The lowest BCUT2D eigenvalue weighted by molar-refractivity contribution is 0.413. The van der Waals surface area contributed by atoms with E-state index in [-0.39, 0.29) is 0 Å². The zero-order valence-electron chi connectivity index (χ0n) is 15.3. The molecule has 140 valence electrons. The van der Waals surface area contributed by atoms with Crippen molar-refractivity contribution in [2.45, 2.75) is 6.54 Å². The first kappa shape index (κ1) is 17.2. The van der Waals surface area contributed by atoms with Crippen LogP contribution in [0.1, 0.15) is 5.76 Å². The predicted molar refractivity (Wildman–Crippen MR) is 105 cm³/mol. The van der Waals surface area contributed by atoms with Crippen LogP contribution in [0.25, 0.3) is 0 Å². The van der Waals surface area contributed by atoms with E-state index >= 15 is 0 Å². The highest BCUT2D eigenvalue weighted by Gasteiger charge is 2.20. The number of piperazine rings is 1. The lowest BCUT2D eigenvalue weighted by Gasteiger charge is -2.37. The number of ether oxygens (including phenoxy) is 1. The number of para-hydroxylation sites is 2. The molecule has 1 aromatic carbocycles. The van der Waals surface area contributed by atoms with Crippen LogP contribution in [0, 0.1) is 0 Å². The minimum absolute atomic E-state index is 0.602. The Morgan fingerprint density at radius 3 is 2.63 bits per heavy atom. The summed E-state index contributed by atoms with van der Waals surface area (Å²) in [6, 6.07) is 14.0. The first-order chi connectivity index (χ1) is 13.3. The molecule has 0 unspecified atom stereocenters. The molecule has 0 atom stereocenters. The molecule has 1 aliphatic heterocycles. The van der Waals surface area contributed by atoms with Crippen LogP contribution in [-0.4, -0.2) is 43.3 Å². The lowest BCUT2D eigenvalue weighted by atomic mass is 10.2. The van der Waals surface area contributed by atoms with Gasteiger partial charge in [-0.15, -0.1) is 0 Å². The van der Waals surface area contributed by atoms with Gasteiger partial charge in [0.2, 0.25) is 0 Å². The number of nitrogens with zero attached hydrogens (tertiary/aromatic N) is 4. The molecule has 1 saturated heterocycles. The molecule has 0 bridgehead atoms. The number of rotatable bonds is 6. The van der Waals surface area contributed by atoms with Gasteiger partial charge in [-0.05, 0) is 24.3 Å². The van der Waals surface area contributed by atoms with E-state index in [9.17, 15) is 0 Å². The molecule has 7 heteroatoms. The molecule has 1 fully saturated rings. The second-order valence-corrected chi connectivity index (χ2v) is 6.34. The van der Waals surface area contributed by atoms with E-state index in [2.05, 4.69) is 31.2 Å². The third-order valence-corrected chi connectivity index (χ3v) is 4.71. The standard InChI is InChI=1S/C20H23N5O2/c1-26-18-7-3-2-6-17(18)24-8-10-25(11-9-24)20-13-19(22-15-23-20)21-14-16-5-4-12-27-16/h2-7,12-13,15H,8-11,14H2,1H3,(H,21,22,23). The number of anilines is 3. The summed E-state index contributed by atoms with van der Waals surface area (Å²) < 4.78 is 10.8. The normalized spacial score (nSPS) is 14.3. The Morgan fingerprint density at radius 2 is 1.85 bits per heavy atom. The Labute approximate surface area is 158 Å². The van der Waals surface area contributed by atoms with Crippen LogP contribution in [0.2, 0.25) is 0 Å². The predicted octanol–water partition coefficient (Wildman–Crippen LogP) is 3.02. The Bertz CT molecular complexity index is 860. The third kappa shape index (κ3) is 3.97. The molecular weight excluding hydrogens is 342 g/mol. The van der Waals surface area contributed by atoms with Gasteiger partial charge in [0.1, 0.15) is 29.5 Å². The Balaban J connectivity index is 1.38. The van der Waals surface area contributed by atoms with Crippen LogP contribution in [0.3, 0.4) is 0 Å². The lowest BCUT2D eigenvalue weighted by Crippen LogP contribution is -2.47. The van der Waals surface area contributed by atoms with Crippen molar-refractivity contribution in [1.82, 2.24) is 9.97 Å². The van der Waals surface area contributed by atoms with Crippen molar-refractivity contribution in [3.05, 3.63) is 60.8 Å². The summed E-state index contributed by atoms with van der Waals surface area (Å²) in [6.45, 7) is 4.23. The van der Waals surface area contributed by atoms with Gasteiger partial charge < -0.3 is 24.3 Å². The fourth-order valence-electron chi connectivity index (χ4n) is 3.27. The van der Waals surface area contributed by atoms with E-state index in [4.69, 9.17) is 9.15 Å². The summed E-state index contributed by atoms with van der Waals surface area (Å²) >= 11 is 0. The number of hydrogen-bond donors (Lipinski definition) is 1. The number of aromatic nitrogens is 2. The SMILES string of the molecule is COc1ccccc1N1CCN(c2cc(NCc3ccco3)ncn2)CC1. The third-order valence-electron chi connectivity index (χ3n) is 4.71. The maximum Gasteiger partial charge on any atom is 0.142 e. The van der Waals surface area contributed by atoms with Gasteiger partial charge in [-0.3, -0.25) is 0 Å². The van der Waals surface area contributed by atoms with Gasteiger partial charge in [-0.2, -0.15) is 0 Å². The van der Waals surface area contributed by atoms with E-state index in [0.29, 0.717) is 6.54 Å². The Morgan fingerprint density at radius 1 is 1.04 bits per heavy atom. The summed E-state index contributed by atoms with van der Waals surface area (Å²) in [7, 11) is 1.72. The molecule has 0 spiro atoms. The average molecular weight is 365 g/mol. The van der Waals surface area contributed by atoms with Crippen molar-refractivity contribution < 1.29 is 9.15 Å². The maximum absolute atomic E-state index is 5.49. The van der Waals surface area contributed by atoms with Crippen LogP contribution in [0.4, 0.5) is 17.3 Å². The largest absolute Gasteiger partial charge is 0.495 e. The molecule has 0 aliphatic carbocycles. The number of furan rings is 1. The molecule has 0 amide bonds. The van der Waals surface area contributed by atoms with Gasteiger partial charge >= 0.3 is 0 Å². The maximum atomic E-state index is 5.49. The highest BCUT2D eigenvalue weighted by Crippen LogP contribution is 2.29. The summed E-state index contributed by atoms with van der Waals surface area (Å²) in [5.74, 6) is 3.52. The quantitative estimate of drug-likeness (QED) is 0.720. The van der Waals surface area contributed by atoms with Gasteiger partial charge in [0.25, 0.3) is 0 Å².